The molecule has 134 valence electrons. The van der Waals surface area contributed by atoms with Crippen LogP contribution in [0, 0.1) is 0 Å². The maximum Gasteiger partial charge on any atom is 0.417 e. The molecule has 0 aliphatic rings. The summed E-state index contributed by atoms with van der Waals surface area (Å²) < 4.78 is 38.6. The van der Waals surface area contributed by atoms with Crippen LogP contribution in [0.1, 0.15) is 29.9 Å². The predicted molar refractivity (Wildman–Crippen MR) is 90.0 cm³/mol. The first-order valence-corrected chi connectivity index (χ1v) is 7.90. The van der Waals surface area contributed by atoms with E-state index in [2.05, 4.69) is 15.5 Å². The highest BCUT2D eigenvalue weighted by atomic mass is 35.5. The van der Waals surface area contributed by atoms with Crippen LogP contribution in [0.25, 0.3) is 0 Å². The zero-order valence-corrected chi connectivity index (χ0v) is 14.3. The van der Waals surface area contributed by atoms with E-state index in [0.29, 0.717) is 5.82 Å². The van der Waals surface area contributed by atoms with E-state index in [1.807, 2.05) is 18.7 Å². The van der Waals surface area contributed by atoms with Gasteiger partial charge in [0.1, 0.15) is 0 Å². The Morgan fingerprint density at radius 2 is 1.84 bits per heavy atom. The first-order chi connectivity index (χ1) is 11.8. The number of carbonyl (C=O) groups excluding carboxylic acids is 1. The summed E-state index contributed by atoms with van der Waals surface area (Å²) in [5.41, 5.74) is -1.05. The number of rotatable bonds is 5. The van der Waals surface area contributed by atoms with Crippen molar-refractivity contribution in [1.29, 1.82) is 0 Å². The SMILES string of the molecule is CCN(CC)c1ccc(C(=O)Nc2ccc(Cl)c(C(F)(F)F)c2)nn1. The third kappa shape index (κ3) is 4.60. The molecule has 1 heterocycles. The second kappa shape index (κ2) is 7.69. The van der Waals surface area contributed by atoms with Crippen LogP contribution in [0.15, 0.2) is 30.3 Å². The number of carbonyl (C=O) groups is 1. The Kier molecular flexibility index (Phi) is 5.84. The lowest BCUT2D eigenvalue weighted by molar-refractivity contribution is -0.137. The third-order valence-electron chi connectivity index (χ3n) is 3.50. The molecule has 0 aliphatic carbocycles. The van der Waals surface area contributed by atoms with E-state index in [1.165, 1.54) is 12.1 Å². The highest BCUT2D eigenvalue weighted by Crippen LogP contribution is 2.36. The van der Waals surface area contributed by atoms with Crippen molar-refractivity contribution in [2.75, 3.05) is 23.3 Å². The van der Waals surface area contributed by atoms with Gasteiger partial charge in [-0.05, 0) is 44.2 Å². The monoisotopic (exact) mass is 372 g/mol. The zero-order chi connectivity index (χ0) is 18.6. The van der Waals surface area contributed by atoms with Crippen LogP contribution < -0.4 is 10.2 Å². The van der Waals surface area contributed by atoms with Crippen molar-refractivity contribution >= 4 is 29.0 Å². The minimum atomic E-state index is -4.61. The Balaban J connectivity index is 2.17. The number of aromatic nitrogens is 2. The molecule has 2 rings (SSSR count). The minimum Gasteiger partial charge on any atom is -0.356 e. The topological polar surface area (TPSA) is 58.1 Å². The number of halogens is 4. The lowest BCUT2D eigenvalue weighted by atomic mass is 10.2. The first kappa shape index (κ1) is 19.0. The standard InChI is InChI=1S/C16H16ClF3N4O/c1-3-24(4-2)14-8-7-13(22-23-14)15(25)21-10-5-6-12(17)11(9-10)16(18,19)20/h5-9H,3-4H2,1-2H3,(H,21,25). The molecule has 5 nitrogen and oxygen atoms in total. The van der Waals surface area contributed by atoms with Gasteiger partial charge in [-0.3, -0.25) is 4.79 Å². The molecule has 0 radical (unpaired) electrons. The van der Waals surface area contributed by atoms with Crippen molar-refractivity contribution < 1.29 is 18.0 Å². The van der Waals surface area contributed by atoms with Gasteiger partial charge in [-0.1, -0.05) is 11.6 Å². The number of benzene rings is 1. The summed E-state index contributed by atoms with van der Waals surface area (Å²) in [6.45, 7) is 5.40. The van der Waals surface area contributed by atoms with E-state index in [9.17, 15) is 18.0 Å². The molecule has 2 aromatic rings. The van der Waals surface area contributed by atoms with Crippen molar-refractivity contribution in [2.45, 2.75) is 20.0 Å². The van der Waals surface area contributed by atoms with Crippen molar-refractivity contribution in [2.24, 2.45) is 0 Å². The molecule has 1 N–H and O–H groups in total. The molecule has 0 saturated carbocycles. The Labute approximate surface area is 147 Å². The van der Waals surface area contributed by atoms with E-state index >= 15 is 0 Å². The highest BCUT2D eigenvalue weighted by Gasteiger charge is 2.33. The minimum absolute atomic E-state index is 0.000542. The summed E-state index contributed by atoms with van der Waals surface area (Å²) in [6, 6.07) is 6.24. The van der Waals surface area contributed by atoms with Gasteiger partial charge in [-0.25, -0.2) is 0 Å². The molecule has 0 unspecified atom stereocenters. The smallest absolute Gasteiger partial charge is 0.356 e. The van der Waals surface area contributed by atoms with E-state index in [4.69, 9.17) is 11.6 Å². The van der Waals surface area contributed by atoms with Crippen molar-refractivity contribution in [3.8, 4) is 0 Å². The second-order valence-corrected chi connectivity index (χ2v) is 5.50. The quantitative estimate of drug-likeness (QED) is 0.852. The maximum absolute atomic E-state index is 12.9. The lowest BCUT2D eigenvalue weighted by Gasteiger charge is -2.18. The van der Waals surface area contributed by atoms with Gasteiger partial charge in [0.05, 0.1) is 10.6 Å². The highest BCUT2D eigenvalue weighted by molar-refractivity contribution is 6.31. The molecule has 1 aromatic carbocycles. The first-order valence-electron chi connectivity index (χ1n) is 7.53. The molecule has 1 amide bonds. The van der Waals surface area contributed by atoms with E-state index in [-0.39, 0.29) is 11.4 Å². The third-order valence-corrected chi connectivity index (χ3v) is 3.83. The lowest BCUT2D eigenvalue weighted by Crippen LogP contribution is -2.24. The molecule has 0 aliphatic heterocycles. The van der Waals surface area contributed by atoms with Crippen LogP contribution in [-0.2, 0) is 6.18 Å². The van der Waals surface area contributed by atoms with Crippen LogP contribution in [-0.4, -0.2) is 29.2 Å². The van der Waals surface area contributed by atoms with Crippen LogP contribution in [0.5, 0.6) is 0 Å². The average Bonchev–Trinajstić information content (AvgIpc) is 2.57. The van der Waals surface area contributed by atoms with Gasteiger partial charge >= 0.3 is 6.18 Å². The largest absolute Gasteiger partial charge is 0.417 e. The van der Waals surface area contributed by atoms with E-state index < -0.39 is 22.7 Å². The molecule has 0 spiro atoms. The fourth-order valence-electron chi connectivity index (χ4n) is 2.18. The Bertz CT molecular complexity index is 746. The molecular weight excluding hydrogens is 357 g/mol. The summed E-state index contributed by atoms with van der Waals surface area (Å²) in [6.07, 6.45) is -4.61. The normalized spacial score (nSPS) is 11.3. The van der Waals surface area contributed by atoms with Gasteiger partial charge in [-0.15, -0.1) is 10.2 Å². The maximum atomic E-state index is 12.9. The molecule has 0 saturated heterocycles. The Morgan fingerprint density at radius 1 is 1.16 bits per heavy atom. The number of nitrogens with zero attached hydrogens (tertiary/aromatic N) is 3. The fraction of sp³-hybridized carbons (Fsp3) is 0.312. The molecule has 9 heteroatoms. The van der Waals surface area contributed by atoms with Gasteiger partial charge in [0.25, 0.3) is 5.91 Å². The number of anilines is 2. The van der Waals surface area contributed by atoms with Crippen molar-refractivity contribution in [3.05, 3.63) is 46.6 Å². The van der Waals surface area contributed by atoms with Crippen LogP contribution >= 0.6 is 11.6 Å². The number of nitrogens with one attached hydrogen (secondary N) is 1. The van der Waals surface area contributed by atoms with Crippen molar-refractivity contribution in [1.82, 2.24) is 10.2 Å². The molecule has 0 atom stereocenters. The second-order valence-electron chi connectivity index (χ2n) is 5.10. The summed E-state index contributed by atoms with van der Waals surface area (Å²) in [5, 5.41) is 9.72. The summed E-state index contributed by atoms with van der Waals surface area (Å²) in [4.78, 5) is 14.1. The number of alkyl halides is 3. The van der Waals surface area contributed by atoms with Gasteiger partial charge in [-0.2, -0.15) is 13.2 Å². The van der Waals surface area contributed by atoms with E-state index in [0.717, 1.165) is 25.2 Å². The predicted octanol–water partition coefficient (Wildman–Crippen LogP) is 4.25. The number of hydrogen-bond donors (Lipinski definition) is 1. The molecular formula is C16H16ClF3N4O. The Morgan fingerprint density at radius 3 is 2.36 bits per heavy atom. The molecule has 1 aromatic heterocycles. The van der Waals surface area contributed by atoms with Gasteiger partial charge < -0.3 is 10.2 Å². The summed E-state index contributed by atoms with van der Waals surface area (Å²) >= 11 is 5.55. The summed E-state index contributed by atoms with van der Waals surface area (Å²) in [5.74, 6) is -0.0403. The number of amides is 1. The zero-order valence-electron chi connectivity index (χ0n) is 13.6. The fourth-order valence-corrected chi connectivity index (χ4v) is 2.40. The van der Waals surface area contributed by atoms with Crippen LogP contribution in [0.4, 0.5) is 24.7 Å². The molecule has 0 fully saturated rings. The number of hydrogen-bond acceptors (Lipinski definition) is 4. The molecule has 0 bridgehead atoms. The van der Waals surface area contributed by atoms with Gasteiger partial charge in [0.15, 0.2) is 11.5 Å². The molecule has 25 heavy (non-hydrogen) atoms. The van der Waals surface area contributed by atoms with E-state index in [1.54, 1.807) is 6.07 Å². The Hall–Kier alpha value is -2.35. The van der Waals surface area contributed by atoms with Crippen LogP contribution in [0.3, 0.4) is 0 Å². The summed E-state index contributed by atoms with van der Waals surface area (Å²) in [7, 11) is 0. The van der Waals surface area contributed by atoms with Crippen molar-refractivity contribution in [3.63, 3.8) is 0 Å². The van der Waals surface area contributed by atoms with Gasteiger partial charge in [0.2, 0.25) is 0 Å². The van der Waals surface area contributed by atoms with Gasteiger partial charge in [0, 0.05) is 18.8 Å². The average molecular weight is 373 g/mol. The van der Waals surface area contributed by atoms with Crippen LogP contribution in [0.2, 0.25) is 5.02 Å².